The number of halogens is 1. The molecule has 1 aromatic carbocycles. The molecule has 110 valence electrons. The maximum atomic E-state index is 3.65. The lowest BCUT2D eigenvalue weighted by molar-refractivity contribution is 0.203. The van der Waals surface area contributed by atoms with Gasteiger partial charge in [-0.1, -0.05) is 35.0 Å². The molecule has 1 aliphatic heterocycles. The molecule has 2 fully saturated rings. The minimum Gasteiger partial charge on any atom is -0.310 e. The van der Waals surface area contributed by atoms with Gasteiger partial charge >= 0.3 is 0 Å². The van der Waals surface area contributed by atoms with E-state index in [1.54, 1.807) is 0 Å². The largest absolute Gasteiger partial charge is 0.310 e. The van der Waals surface area contributed by atoms with Crippen LogP contribution in [-0.4, -0.2) is 30.6 Å². The zero-order chi connectivity index (χ0) is 13.9. The lowest BCUT2D eigenvalue weighted by atomic mass is 10.0. The Morgan fingerprint density at radius 3 is 2.95 bits per heavy atom. The van der Waals surface area contributed by atoms with Crippen LogP contribution in [0.1, 0.15) is 44.2 Å². The molecule has 0 aromatic heterocycles. The van der Waals surface area contributed by atoms with E-state index in [0.717, 1.165) is 18.5 Å². The molecule has 3 rings (SSSR count). The molecule has 0 radical (unpaired) electrons. The quantitative estimate of drug-likeness (QED) is 0.845. The van der Waals surface area contributed by atoms with Crippen LogP contribution >= 0.6 is 15.9 Å². The molecule has 0 spiro atoms. The molecule has 2 aliphatic rings. The van der Waals surface area contributed by atoms with Crippen LogP contribution in [0.4, 0.5) is 0 Å². The predicted octanol–water partition coefficient (Wildman–Crippen LogP) is 3.97. The predicted molar refractivity (Wildman–Crippen MR) is 87.9 cm³/mol. The smallest absolute Gasteiger partial charge is 0.0332 e. The molecule has 1 heterocycles. The maximum absolute atomic E-state index is 3.65. The van der Waals surface area contributed by atoms with Crippen molar-refractivity contribution >= 4 is 15.9 Å². The Hall–Kier alpha value is -0.380. The summed E-state index contributed by atoms with van der Waals surface area (Å²) in [6.45, 7) is 5.82. The summed E-state index contributed by atoms with van der Waals surface area (Å²) in [7, 11) is 0. The number of likely N-dealkylation sites (tertiary alicyclic amines) is 1. The first-order valence-electron chi connectivity index (χ1n) is 7.99. The van der Waals surface area contributed by atoms with Crippen molar-refractivity contribution in [3.05, 3.63) is 34.3 Å². The van der Waals surface area contributed by atoms with Crippen LogP contribution in [0.25, 0.3) is 0 Å². The van der Waals surface area contributed by atoms with Gasteiger partial charge in [0.05, 0.1) is 0 Å². The summed E-state index contributed by atoms with van der Waals surface area (Å²) in [6.07, 6.45) is 5.59. The Labute approximate surface area is 131 Å². The van der Waals surface area contributed by atoms with Crippen LogP contribution in [0.15, 0.2) is 28.7 Å². The SMILES string of the molecule is CCNC(CCN1CC2CCC1C2)c1cccc(Br)c1. The Balaban J connectivity index is 1.60. The first-order valence-corrected chi connectivity index (χ1v) is 8.78. The Morgan fingerprint density at radius 1 is 1.40 bits per heavy atom. The van der Waals surface area contributed by atoms with Crippen molar-refractivity contribution in [1.29, 1.82) is 0 Å². The minimum absolute atomic E-state index is 0.483. The molecular formula is C17H25BrN2. The molecular weight excluding hydrogens is 312 g/mol. The zero-order valence-corrected chi connectivity index (χ0v) is 13.9. The highest BCUT2D eigenvalue weighted by Crippen LogP contribution is 2.37. The number of piperidine rings is 1. The Kier molecular flexibility index (Phi) is 4.79. The van der Waals surface area contributed by atoms with Crippen LogP contribution in [0.5, 0.6) is 0 Å². The van der Waals surface area contributed by atoms with Gasteiger partial charge in [0, 0.05) is 29.6 Å². The average Bonchev–Trinajstić information content (AvgIpc) is 3.06. The fourth-order valence-electron chi connectivity index (χ4n) is 3.95. The van der Waals surface area contributed by atoms with E-state index in [9.17, 15) is 0 Å². The fourth-order valence-corrected chi connectivity index (χ4v) is 4.37. The van der Waals surface area contributed by atoms with Gasteiger partial charge in [-0.05, 0) is 55.8 Å². The second-order valence-corrected chi connectivity index (χ2v) is 7.20. The van der Waals surface area contributed by atoms with Crippen LogP contribution in [0.3, 0.4) is 0 Å². The lowest BCUT2D eigenvalue weighted by Crippen LogP contribution is -2.35. The molecule has 1 N–H and O–H groups in total. The van der Waals surface area contributed by atoms with E-state index >= 15 is 0 Å². The van der Waals surface area contributed by atoms with Crippen LogP contribution in [0.2, 0.25) is 0 Å². The van der Waals surface area contributed by atoms with Crippen molar-refractivity contribution in [2.24, 2.45) is 5.92 Å². The second kappa shape index (κ2) is 6.59. The standard InChI is InChI=1S/C17H25BrN2/c1-2-19-17(14-4-3-5-15(18)11-14)8-9-20-12-13-6-7-16(20)10-13/h3-5,11,13,16-17,19H,2,6-10,12H2,1H3. The molecule has 2 bridgehead atoms. The highest BCUT2D eigenvalue weighted by Gasteiger charge is 2.37. The van der Waals surface area contributed by atoms with Gasteiger partial charge in [0.15, 0.2) is 0 Å². The highest BCUT2D eigenvalue weighted by atomic mass is 79.9. The summed E-state index contributed by atoms with van der Waals surface area (Å²) in [4.78, 5) is 2.73. The topological polar surface area (TPSA) is 15.3 Å². The van der Waals surface area contributed by atoms with Gasteiger partial charge in [-0.25, -0.2) is 0 Å². The van der Waals surface area contributed by atoms with Gasteiger partial charge in [0.2, 0.25) is 0 Å². The molecule has 1 aliphatic carbocycles. The molecule has 20 heavy (non-hydrogen) atoms. The third-order valence-electron chi connectivity index (χ3n) is 4.93. The summed E-state index contributed by atoms with van der Waals surface area (Å²) in [6, 6.07) is 10.1. The third kappa shape index (κ3) is 3.26. The van der Waals surface area contributed by atoms with E-state index in [1.165, 1.54) is 48.8 Å². The van der Waals surface area contributed by atoms with Gasteiger partial charge in [0.1, 0.15) is 0 Å². The zero-order valence-electron chi connectivity index (χ0n) is 12.3. The van der Waals surface area contributed by atoms with Gasteiger partial charge in [-0.2, -0.15) is 0 Å². The second-order valence-electron chi connectivity index (χ2n) is 6.28. The molecule has 3 atom stereocenters. The van der Waals surface area contributed by atoms with Gasteiger partial charge in [-0.3, -0.25) is 0 Å². The van der Waals surface area contributed by atoms with Gasteiger partial charge in [-0.15, -0.1) is 0 Å². The van der Waals surface area contributed by atoms with Crippen LogP contribution < -0.4 is 5.32 Å². The van der Waals surface area contributed by atoms with E-state index in [4.69, 9.17) is 0 Å². The van der Waals surface area contributed by atoms with Crippen molar-refractivity contribution in [2.45, 2.75) is 44.7 Å². The van der Waals surface area contributed by atoms with Crippen molar-refractivity contribution in [1.82, 2.24) is 10.2 Å². The van der Waals surface area contributed by atoms with E-state index < -0.39 is 0 Å². The van der Waals surface area contributed by atoms with Crippen molar-refractivity contribution in [3.8, 4) is 0 Å². The van der Waals surface area contributed by atoms with Crippen LogP contribution in [-0.2, 0) is 0 Å². The molecule has 2 nitrogen and oxygen atoms in total. The normalized spacial score (nSPS) is 27.1. The summed E-state index contributed by atoms with van der Waals surface area (Å²) in [5.41, 5.74) is 1.41. The van der Waals surface area contributed by atoms with Crippen molar-refractivity contribution in [3.63, 3.8) is 0 Å². The van der Waals surface area contributed by atoms with Crippen molar-refractivity contribution in [2.75, 3.05) is 19.6 Å². The molecule has 0 amide bonds. The molecule has 1 saturated carbocycles. The van der Waals surface area contributed by atoms with E-state index in [1.807, 2.05) is 0 Å². The highest BCUT2D eigenvalue weighted by molar-refractivity contribution is 9.10. The fraction of sp³-hybridized carbons (Fsp3) is 0.647. The number of hydrogen-bond acceptors (Lipinski definition) is 2. The summed E-state index contributed by atoms with van der Waals surface area (Å²) >= 11 is 3.59. The molecule has 1 saturated heterocycles. The molecule has 1 aromatic rings. The van der Waals surface area contributed by atoms with Crippen LogP contribution in [0, 0.1) is 5.92 Å². The first-order chi connectivity index (χ1) is 9.76. The number of nitrogens with zero attached hydrogens (tertiary/aromatic N) is 1. The lowest BCUT2D eigenvalue weighted by Gasteiger charge is -2.29. The summed E-state index contributed by atoms with van der Waals surface area (Å²) in [5, 5.41) is 3.65. The Morgan fingerprint density at radius 2 is 2.30 bits per heavy atom. The summed E-state index contributed by atoms with van der Waals surface area (Å²) < 4.78 is 1.18. The van der Waals surface area contributed by atoms with Gasteiger partial charge < -0.3 is 10.2 Å². The summed E-state index contributed by atoms with van der Waals surface area (Å²) in [5.74, 6) is 1.00. The third-order valence-corrected chi connectivity index (χ3v) is 5.42. The minimum atomic E-state index is 0.483. The number of benzene rings is 1. The molecule has 3 unspecified atom stereocenters. The Bertz CT molecular complexity index is 448. The number of nitrogens with one attached hydrogen (secondary N) is 1. The van der Waals surface area contributed by atoms with E-state index in [0.29, 0.717) is 6.04 Å². The molecule has 3 heteroatoms. The monoisotopic (exact) mass is 336 g/mol. The number of fused-ring (bicyclic) bond motifs is 2. The number of rotatable bonds is 6. The number of hydrogen-bond donors (Lipinski definition) is 1. The average molecular weight is 337 g/mol. The van der Waals surface area contributed by atoms with Crippen molar-refractivity contribution < 1.29 is 0 Å². The van der Waals surface area contributed by atoms with E-state index in [2.05, 4.69) is 57.3 Å². The first kappa shape index (κ1) is 14.6. The van der Waals surface area contributed by atoms with Gasteiger partial charge in [0.25, 0.3) is 0 Å². The maximum Gasteiger partial charge on any atom is 0.0332 e. The van der Waals surface area contributed by atoms with E-state index in [-0.39, 0.29) is 0 Å².